The molecule has 2 aromatic carbocycles. The SMILES string of the molecule is NC(CC(=O)Nc1ccc2nc(N3CCOCC3)sc2c1)c1ccccc1. The molecule has 0 saturated carbocycles. The standard InChI is InChI=1S/C20H22N4O2S/c21-16(14-4-2-1-3-5-14)13-19(25)22-15-6-7-17-18(12-15)27-20(23-17)24-8-10-26-11-9-24/h1-7,12,16H,8-11,13,21H2,(H,22,25). The van der Waals surface area contributed by atoms with E-state index in [2.05, 4.69) is 10.2 Å². The third kappa shape index (κ3) is 4.27. The van der Waals surface area contributed by atoms with Gasteiger partial charge in [0.1, 0.15) is 0 Å². The van der Waals surface area contributed by atoms with Crippen LogP contribution in [0.15, 0.2) is 48.5 Å². The summed E-state index contributed by atoms with van der Waals surface area (Å²) in [6, 6.07) is 15.2. The fourth-order valence-corrected chi connectivity index (χ4v) is 4.17. The second-order valence-corrected chi connectivity index (χ2v) is 7.56. The first kappa shape index (κ1) is 17.9. The Labute approximate surface area is 162 Å². The number of amides is 1. The Hall–Kier alpha value is -2.48. The van der Waals surface area contributed by atoms with Gasteiger partial charge in [-0.2, -0.15) is 0 Å². The van der Waals surface area contributed by atoms with E-state index in [4.69, 9.17) is 15.5 Å². The minimum absolute atomic E-state index is 0.0939. The number of nitrogens with zero attached hydrogens (tertiary/aromatic N) is 2. The van der Waals surface area contributed by atoms with Crippen molar-refractivity contribution in [3.8, 4) is 0 Å². The van der Waals surface area contributed by atoms with Crippen molar-refractivity contribution in [1.29, 1.82) is 0 Å². The molecule has 7 heteroatoms. The van der Waals surface area contributed by atoms with Gasteiger partial charge in [0.05, 0.1) is 23.4 Å². The van der Waals surface area contributed by atoms with Crippen LogP contribution in [-0.4, -0.2) is 37.2 Å². The van der Waals surface area contributed by atoms with Gasteiger partial charge < -0.3 is 20.7 Å². The lowest BCUT2D eigenvalue weighted by Gasteiger charge is -2.25. The third-order valence-corrected chi connectivity index (χ3v) is 5.65. The van der Waals surface area contributed by atoms with Gasteiger partial charge in [-0.15, -0.1) is 0 Å². The number of ether oxygens (including phenoxy) is 1. The largest absolute Gasteiger partial charge is 0.378 e. The molecule has 3 aromatic rings. The molecule has 0 bridgehead atoms. The van der Waals surface area contributed by atoms with Crippen LogP contribution in [-0.2, 0) is 9.53 Å². The quantitative estimate of drug-likeness (QED) is 0.708. The maximum atomic E-state index is 12.4. The van der Waals surface area contributed by atoms with Crippen molar-refractivity contribution in [3.63, 3.8) is 0 Å². The van der Waals surface area contributed by atoms with Gasteiger partial charge in [-0.25, -0.2) is 4.98 Å². The minimum Gasteiger partial charge on any atom is -0.378 e. The Morgan fingerprint density at radius 1 is 1.22 bits per heavy atom. The fourth-order valence-electron chi connectivity index (χ4n) is 3.11. The lowest BCUT2D eigenvalue weighted by Crippen LogP contribution is -2.36. The number of anilines is 2. The number of nitrogens with one attached hydrogen (secondary N) is 1. The second-order valence-electron chi connectivity index (χ2n) is 6.55. The topological polar surface area (TPSA) is 80.5 Å². The van der Waals surface area contributed by atoms with Crippen molar-refractivity contribution < 1.29 is 9.53 Å². The number of carbonyl (C=O) groups excluding carboxylic acids is 1. The molecule has 1 aliphatic heterocycles. The number of fused-ring (bicyclic) bond motifs is 1. The third-order valence-electron chi connectivity index (χ3n) is 4.58. The summed E-state index contributed by atoms with van der Waals surface area (Å²) in [6.45, 7) is 3.19. The number of benzene rings is 2. The number of hydrogen-bond donors (Lipinski definition) is 2. The summed E-state index contributed by atoms with van der Waals surface area (Å²) in [5.41, 5.74) is 8.81. The number of hydrogen-bond acceptors (Lipinski definition) is 6. The lowest BCUT2D eigenvalue weighted by atomic mass is 10.0. The van der Waals surface area contributed by atoms with Crippen LogP contribution in [0.3, 0.4) is 0 Å². The highest BCUT2D eigenvalue weighted by Gasteiger charge is 2.16. The normalized spacial score (nSPS) is 15.7. The Morgan fingerprint density at radius 2 is 2.00 bits per heavy atom. The van der Waals surface area contributed by atoms with Crippen LogP contribution < -0.4 is 16.0 Å². The van der Waals surface area contributed by atoms with Crippen molar-refractivity contribution in [1.82, 2.24) is 4.98 Å². The van der Waals surface area contributed by atoms with Crippen molar-refractivity contribution in [3.05, 3.63) is 54.1 Å². The molecule has 0 spiro atoms. The van der Waals surface area contributed by atoms with Gasteiger partial charge in [0.15, 0.2) is 5.13 Å². The molecule has 1 fully saturated rings. The first-order chi connectivity index (χ1) is 13.2. The molecular weight excluding hydrogens is 360 g/mol. The monoisotopic (exact) mass is 382 g/mol. The number of thiazole rings is 1. The first-order valence-electron chi connectivity index (χ1n) is 9.03. The van der Waals surface area contributed by atoms with Gasteiger partial charge in [0, 0.05) is 31.2 Å². The van der Waals surface area contributed by atoms with E-state index in [1.807, 2.05) is 48.5 Å². The predicted octanol–water partition coefficient (Wildman–Crippen LogP) is 3.16. The Kier molecular flexibility index (Phi) is 5.33. The summed E-state index contributed by atoms with van der Waals surface area (Å²) >= 11 is 1.64. The van der Waals surface area contributed by atoms with Crippen LogP contribution in [0.25, 0.3) is 10.2 Å². The zero-order chi connectivity index (χ0) is 18.6. The van der Waals surface area contributed by atoms with Gasteiger partial charge in [0.2, 0.25) is 5.91 Å². The summed E-state index contributed by atoms with van der Waals surface area (Å²) in [7, 11) is 0. The van der Waals surface area contributed by atoms with E-state index in [-0.39, 0.29) is 18.4 Å². The number of rotatable bonds is 5. The van der Waals surface area contributed by atoms with Crippen LogP contribution in [0.1, 0.15) is 18.0 Å². The molecule has 6 nitrogen and oxygen atoms in total. The average Bonchev–Trinajstić information content (AvgIpc) is 3.12. The van der Waals surface area contributed by atoms with Crippen LogP contribution in [0.4, 0.5) is 10.8 Å². The van der Waals surface area contributed by atoms with Crippen molar-refractivity contribution in [2.24, 2.45) is 5.73 Å². The molecule has 2 heterocycles. The van der Waals surface area contributed by atoms with E-state index >= 15 is 0 Å². The molecular formula is C20H22N4O2S. The van der Waals surface area contributed by atoms with E-state index in [0.717, 1.165) is 52.9 Å². The van der Waals surface area contributed by atoms with Crippen LogP contribution in [0, 0.1) is 0 Å². The summed E-state index contributed by atoms with van der Waals surface area (Å²) in [5, 5.41) is 3.95. The minimum atomic E-state index is -0.314. The molecule has 140 valence electrons. The summed E-state index contributed by atoms with van der Waals surface area (Å²) in [5.74, 6) is -0.0939. The van der Waals surface area contributed by atoms with Crippen LogP contribution in [0.2, 0.25) is 0 Å². The van der Waals surface area contributed by atoms with E-state index in [1.54, 1.807) is 11.3 Å². The average molecular weight is 382 g/mol. The fraction of sp³-hybridized carbons (Fsp3) is 0.300. The number of aromatic nitrogens is 1. The lowest BCUT2D eigenvalue weighted by molar-refractivity contribution is -0.116. The van der Waals surface area contributed by atoms with Gasteiger partial charge >= 0.3 is 0 Å². The zero-order valence-electron chi connectivity index (χ0n) is 14.9. The van der Waals surface area contributed by atoms with Gasteiger partial charge in [-0.3, -0.25) is 4.79 Å². The van der Waals surface area contributed by atoms with Crippen molar-refractivity contribution >= 4 is 38.3 Å². The molecule has 1 aliphatic rings. The second kappa shape index (κ2) is 8.04. The van der Waals surface area contributed by atoms with Crippen LogP contribution in [0.5, 0.6) is 0 Å². The molecule has 1 amide bonds. The molecule has 1 atom stereocenters. The van der Waals surface area contributed by atoms with Crippen molar-refractivity contribution in [2.75, 3.05) is 36.5 Å². The van der Waals surface area contributed by atoms with E-state index in [1.165, 1.54) is 0 Å². The Balaban J connectivity index is 1.43. The summed E-state index contributed by atoms with van der Waals surface area (Å²) in [6.07, 6.45) is 0.240. The van der Waals surface area contributed by atoms with Gasteiger partial charge in [0.25, 0.3) is 0 Å². The number of carbonyl (C=O) groups is 1. The van der Waals surface area contributed by atoms with E-state index in [9.17, 15) is 4.79 Å². The summed E-state index contributed by atoms with van der Waals surface area (Å²) < 4.78 is 6.46. The predicted molar refractivity (Wildman–Crippen MR) is 109 cm³/mol. The molecule has 0 radical (unpaired) electrons. The zero-order valence-corrected chi connectivity index (χ0v) is 15.7. The molecule has 3 N–H and O–H groups in total. The molecule has 4 rings (SSSR count). The number of morpholine rings is 1. The Morgan fingerprint density at radius 3 is 2.78 bits per heavy atom. The van der Waals surface area contributed by atoms with Crippen LogP contribution >= 0.6 is 11.3 Å². The van der Waals surface area contributed by atoms with E-state index < -0.39 is 0 Å². The summed E-state index contributed by atoms with van der Waals surface area (Å²) in [4.78, 5) is 19.3. The Bertz CT molecular complexity index is 922. The highest BCUT2D eigenvalue weighted by atomic mass is 32.1. The molecule has 1 aromatic heterocycles. The van der Waals surface area contributed by atoms with E-state index in [0.29, 0.717) is 0 Å². The highest BCUT2D eigenvalue weighted by molar-refractivity contribution is 7.22. The number of nitrogens with two attached hydrogens (primary N) is 1. The molecule has 27 heavy (non-hydrogen) atoms. The smallest absolute Gasteiger partial charge is 0.226 e. The molecule has 1 saturated heterocycles. The maximum Gasteiger partial charge on any atom is 0.226 e. The molecule has 1 unspecified atom stereocenters. The maximum absolute atomic E-state index is 12.4. The highest BCUT2D eigenvalue weighted by Crippen LogP contribution is 2.31. The first-order valence-corrected chi connectivity index (χ1v) is 9.84. The van der Waals surface area contributed by atoms with Gasteiger partial charge in [-0.1, -0.05) is 41.7 Å². The van der Waals surface area contributed by atoms with Gasteiger partial charge in [-0.05, 0) is 23.8 Å². The van der Waals surface area contributed by atoms with Crippen molar-refractivity contribution in [2.45, 2.75) is 12.5 Å². The molecule has 0 aliphatic carbocycles.